The lowest BCUT2D eigenvalue weighted by Gasteiger charge is -2.08. The first-order chi connectivity index (χ1) is 12.6. The Hall–Kier alpha value is -3.39. The first-order valence-corrected chi connectivity index (χ1v) is 8.79. The van der Waals surface area contributed by atoms with Crippen molar-refractivity contribution < 1.29 is 4.79 Å². The highest BCUT2D eigenvalue weighted by atomic mass is 32.1. The molecule has 0 fully saturated rings. The Morgan fingerprint density at radius 3 is 2.69 bits per heavy atom. The number of hydrogen-bond donors (Lipinski definition) is 3. The van der Waals surface area contributed by atoms with Crippen molar-refractivity contribution in [1.29, 1.82) is 0 Å². The smallest absolute Gasteiger partial charge is 0.294 e. The van der Waals surface area contributed by atoms with Gasteiger partial charge in [0, 0.05) is 11.9 Å². The minimum absolute atomic E-state index is 0.277. The molecule has 0 aliphatic carbocycles. The van der Waals surface area contributed by atoms with Crippen LogP contribution in [0.15, 0.2) is 65.4 Å². The average Bonchev–Trinajstić information content (AvgIpc) is 3.35. The summed E-state index contributed by atoms with van der Waals surface area (Å²) in [6.45, 7) is 5.68. The predicted octanol–water partition coefficient (Wildman–Crippen LogP) is 2.57. The second-order valence-corrected chi connectivity index (χ2v) is 6.69. The van der Waals surface area contributed by atoms with Crippen LogP contribution in [0.25, 0.3) is 16.3 Å². The molecule has 3 N–H and O–H groups in total. The lowest BCUT2D eigenvalue weighted by Crippen LogP contribution is -2.42. The van der Waals surface area contributed by atoms with Crippen molar-refractivity contribution >= 4 is 23.2 Å². The number of aryl methyl sites for hydroxylation is 1. The highest BCUT2D eigenvalue weighted by Gasteiger charge is 2.21. The topological polar surface area (TPSA) is 83.3 Å². The second kappa shape index (κ2) is 6.49. The normalized spacial score (nSPS) is 13.1. The number of hydrazine groups is 1. The molecule has 0 atom stereocenters. The summed E-state index contributed by atoms with van der Waals surface area (Å²) in [6.07, 6.45) is 1.87. The summed E-state index contributed by atoms with van der Waals surface area (Å²) in [5, 5.41) is 4.68. The number of benzene rings is 1. The van der Waals surface area contributed by atoms with E-state index in [-0.39, 0.29) is 17.7 Å². The van der Waals surface area contributed by atoms with Crippen LogP contribution in [0.5, 0.6) is 0 Å². The maximum absolute atomic E-state index is 12.8. The summed E-state index contributed by atoms with van der Waals surface area (Å²) >= 11 is 1.58. The zero-order chi connectivity index (χ0) is 18.1. The van der Waals surface area contributed by atoms with Crippen LogP contribution in [0, 0.1) is 6.92 Å². The predicted molar refractivity (Wildman–Crippen MR) is 102 cm³/mol. The maximum atomic E-state index is 12.8. The van der Waals surface area contributed by atoms with Gasteiger partial charge in [-0.05, 0) is 30.5 Å². The zero-order valence-electron chi connectivity index (χ0n) is 14.0. The van der Waals surface area contributed by atoms with E-state index in [1.54, 1.807) is 15.9 Å². The summed E-state index contributed by atoms with van der Waals surface area (Å²) in [5.74, 6) is 0.632. The minimum Gasteiger partial charge on any atom is -0.295 e. The van der Waals surface area contributed by atoms with Gasteiger partial charge in [-0.25, -0.2) is 4.98 Å². The standard InChI is InChI=1S/C18H16N6OS/c1-11-5-7-13(8-6-11)24-10-14(15-4-3-9-26-15)20-16(24)17(25)21-18-19-12(2)22-23-18/h3-10,22H,2H2,1H3,(H2,19,21,23,25). The van der Waals surface area contributed by atoms with Crippen LogP contribution >= 0.6 is 11.3 Å². The van der Waals surface area contributed by atoms with Gasteiger partial charge in [0.2, 0.25) is 11.8 Å². The van der Waals surface area contributed by atoms with Crippen LogP contribution in [0.3, 0.4) is 0 Å². The lowest BCUT2D eigenvalue weighted by molar-refractivity contribution is 0.0964. The summed E-state index contributed by atoms with van der Waals surface area (Å²) in [7, 11) is 0. The molecule has 1 aliphatic rings. The number of aliphatic imine (C=N–C) groups is 1. The van der Waals surface area contributed by atoms with Crippen molar-refractivity contribution in [2.75, 3.05) is 0 Å². The van der Waals surface area contributed by atoms with Gasteiger partial charge in [0.25, 0.3) is 5.91 Å². The van der Waals surface area contributed by atoms with E-state index < -0.39 is 0 Å². The van der Waals surface area contributed by atoms with Gasteiger partial charge in [-0.3, -0.25) is 25.5 Å². The second-order valence-electron chi connectivity index (χ2n) is 5.74. The van der Waals surface area contributed by atoms with Crippen LogP contribution in [-0.2, 0) is 0 Å². The molecule has 0 bridgehead atoms. The van der Waals surface area contributed by atoms with E-state index in [4.69, 9.17) is 0 Å². The Morgan fingerprint density at radius 2 is 2.04 bits per heavy atom. The van der Waals surface area contributed by atoms with Crippen LogP contribution in [0.1, 0.15) is 16.2 Å². The molecule has 7 nitrogen and oxygen atoms in total. The van der Waals surface area contributed by atoms with Crippen molar-refractivity contribution in [2.45, 2.75) is 6.92 Å². The molecule has 0 saturated heterocycles. The SMILES string of the molecule is C=C1N=C(NC(=O)c2nc(-c3cccs3)cn2-c2ccc(C)cc2)NN1. The number of imidazole rings is 1. The molecule has 0 radical (unpaired) electrons. The highest BCUT2D eigenvalue weighted by Crippen LogP contribution is 2.25. The van der Waals surface area contributed by atoms with Gasteiger partial charge in [-0.15, -0.1) is 11.3 Å². The van der Waals surface area contributed by atoms with E-state index in [2.05, 4.69) is 32.7 Å². The molecule has 130 valence electrons. The number of rotatable bonds is 3. The Bertz CT molecular complexity index is 1000. The summed E-state index contributed by atoms with van der Waals surface area (Å²) in [4.78, 5) is 22.4. The van der Waals surface area contributed by atoms with Gasteiger partial charge in [0.05, 0.1) is 10.6 Å². The molecule has 4 rings (SSSR count). The zero-order valence-corrected chi connectivity index (χ0v) is 14.8. The third-order valence-corrected chi connectivity index (χ3v) is 4.69. The summed E-state index contributed by atoms with van der Waals surface area (Å²) in [5.41, 5.74) is 8.21. The number of amides is 1. The van der Waals surface area contributed by atoms with Crippen molar-refractivity contribution in [1.82, 2.24) is 25.7 Å². The van der Waals surface area contributed by atoms with E-state index in [0.717, 1.165) is 21.8 Å². The Kier molecular flexibility index (Phi) is 4.02. The van der Waals surface area contributed by atoms with Gasteiger partial charge in [0.1, 0.15) is 5.82 Å². The highest BCUT2D eigenvalue weighted by molar-refractivity contribution is 7.13. The van der Waals surface area contributed by atoms with Crippen LogP contribution in [-0.4, -0.2) is 21.4 Å². The fourth-order valence-electron chi connectivity index (χ4n) is 2.53. The molecule has 0 spiro atoms. The molecule has 3 heterocycles. The van der Waals surface area contributed by atoms with Crippen molar-refractivity contribution in [3.63, 3.8) is 0 Å². The minimum atomic E-state index is -0.365. The fourth-order valence-corrected chi connectivity index (χ4v) is 3.21. The van der Waals surface area contributed by atoms with Crippen molar-refractivity contribution in [3.8, 4) is 16.3 Å². The van der Waals surface area contributed by atoms with E-state index in [0.29, 0.717) is 5.82 Å². The van der Waals surface area contributed by atoms with Crippen molar-refractivity contribution in [3.05, 3.63) is 71.8 Å². The number of hydrogen-bond acceptors (Lipinski definition) is 6. The molecule has 3 aromatic rings. The fraction of sp³-hybridized carbons (Fsp3) is 0.0556. The van der Waals surface area contributed by atoms with Crippen LogP contribution in [0.4, 0.5) is 0 Å². The monoisotopic (exact) mass is 364 g/mol. The van der Waals surface area contributed by atoms with E-state index in [1.165, 1.54) is 0 Å². The Morgan fingerprint density at radius 1 is 1.23 bits per heavy atom. The van der Waals surface area contributed by atoms with E-state index in [9.17, 15) is 4.79 Å². The Balaban J connectivity index is 1.74. The number of thiophene rings is 1. The summed E-state index contributed by atoms with van der Waals surface area (Å²) < 4.78 is 1.78. The number of carbonyl (C=O) groups excluding carboxylic acids is 1. The molecule has 1 aromatic carbocycles. The molecular weight excluding hydrogens is 348 g/mol. The van der Waals surface area contributed by atoms with Crippen LogP contribution < -0.4 is 16.2 Å². The lowest BCUT2D eigenvalue weighted by atomic mass is 10.2. The number of carbonyl (C=O) groups is 1. The van der Waals surface area contributed by atoms with Crippen molar-refractivity contribution in [2.24, 2.45) is 4.99 Å². The quantitative estimate of drug-likeness (QED) is 0.667. The number of nitrogens with zero attached hydrogens (tertiary/aromatic N) is 3. The molecule has 26 heavy (non-hydrogen) atoms. The van der Waals surface area contributed by atoms with Gasteiger partial charge in [0.15, 0.2) is 0 Å². The maximum Gasteiger partial charge on any atom is 0.294 e. The van der Waals surface area contributed by atoms with Crippen LogP contribution in [0.2, 0.25) is 0 Å². The molecule has 0 saturated carbocycles. The molecule has 8 heteroatoms. The number of aromatic nitrogens is 2. The van der Waals surface area contributed by atoms with E-state index >= 15 is 0 Å². The van der Waals surface area contributed by atoms with Gasteiger partial charge >= 0.3 is 0 Å². The average molecular weight is 364 g/mol. The third-order valence-electron chi connectivity index (χ3n) is 3.80. The number of guanidine groups is 1. The number of nitrogens with one attached hydrogen (secondary N) is 3. The summed E-state index contributed by atoms with van der Waals surface area (Å²) in [6, 6.07) is 11.8. The molecule has 0 unspecified atom stereocenters. The first kappa shape index (κ1) is 16.1. The third kappa shape index (κ3) is 3.09. The molecule has 1 amide bonds. The van der Waals surface area contributed by atoms with Gasteiger partial charge < -0.3 is 0 Å². The van der Waals surface area contributed by atoms with E-state index in [1.807, 2.05) is 54.9 Å². The largest absolute Gasteiger partial charge is 0.295 e. The Labute approximate surface area is 154 Å². The van der Waals surface area contributed by atoms with Gasteiger partial charge in [-0.1, -0.05) is 30.3 Å². The van der Waals surface area contributed by atoms with Gasteiger partial charge in [-0.2, -0.15) is 4.99 Å². The molecular formula is C18H16N6OS. The first-order valence-electron chi connectivity index (χ1n) is 7.91. The molecule has 2 aromatic heterocycles. The molecule has 1 aliphatic heterocycles.